The van der Waals surface area contributed by atoms with Crippen molar-refractivity contribution < 1.29 is 17.9 Å². The second-order valence-corrected chi connectivity index (χ2v) is 6.45. The molecule has 0 radical (unpaired) electrons. The highest BCUT2D eigenvalue weighted by Crippen LogP contribution is 2.13. The second-order valence-electron chi connectivity index (χ2n) is 4.48. The van der Waals surface area contributed by atoms with Gasteiger partial charge in [0.15, 0.2) is 0 Å². The summed E-state index contributed by atoms with van der Waals surface area (Å²) in [5, 5.41) is 8.83. The number of carbonyl (C=O) groups is 1. The van der Waals surface area contributed by atoms with Gasteiger partial charge in [-0.1, -0.05) is 19.1 Å². The molecule has 6 nitrogen and oxygen atoms in total. The van der Waals surface area contributed by atoms with Crippen LogP contribution in [0.1, 0.15) is 24.5 Å². The van der Waals surface area contributed by atoms with E-state index in [0.29, 0.717) is 17.5 Å². The van der Waals surface area contributed by atoms with Crippen LogP contribution in [0.4, 0.5) is 0 Å². The molecule has 0 aromatic heterocycles. The van der Waals surface area contributed by atoms with Crippen LogP contribution in [0.15, 0.2) is 24.3 Å². The standard InChI is InChI=1S/C14H18N2O4S/c1-3-7-16(10-14(17)20-2)21(18,19)11-13-6-4-5-12(8-13)9-15/h4-6,8H,3,7,10-11H2,1-2H3. The zero-order valence-electron chi connectivity index (χ0n) is 12.1. The highest BCUT2D eigenvalue weighted by molar-refractivity contribution is 7.88. The fraction of sp³-hybridized carbons (Fsp3) is 0.429. The van der Waals surface area contributed by atoms with Gasteiger partial charge in [-0.25, -0.2) is 8.42 Å². The summed E-state index contributed by atoms with van der Waals surface area (Å²) in [6.07, 6.45) is 0.592. The number of ether oxygens (including phenoxy) is 1. The Hall–Kier alpha value is -1.91. The molecule has 0 atom stereocenters. The number of methoxy groups -OCH3 is 1. The summed E-state index contributed by atoms with van der Waals surface area (Å²) in [5.41, 5.74) is 0.915. The number of hydrogen-bond donors (Lipinski definition) is 0. The first-order valence-corrected chi connectivity index (χ1v) is 8.07. The van der Waals surface area contributed by atoms with Gasteiger partial charge in [0.05, 0.1) is 24.5 Å². The largest absolute Gasteiger partial charge is 0.468 e. The molecule has 0 unspecified atom stereocenters. The molecular formula is C14H18N2O4S. The number of nitrogens with zero attached hydrogens (tertiary/aromatic N) is 2. The van der Waals surface area contributed by atoms with Crippen molar-refractivity contribution in [1.29, 1.82) is 5.26 Å². The molecule has 0 spiro atoms. The molecule has 1 aromatic carbocycles. The van der Waals surface area contributed by atoms with E-state index in [-0.39, 0.29) is 18.8 Å². The third-order valence-electron chi connectivity index (χ3n) is 2.80. The average molecular weight is 310 g/mol. The molecule has 0 heterocycles. The average Bonchev–Trinajstić information content (AvgIpc) is 2.46. The van der Waals surface area contributed by atoms with Gasteiger partial charge in [-0.2, -0.15) is 9.57 Å². The van der Waals surface area contributed by atoms with Crippen LogP contribution in [0.3, 0.4) is 0 Å². The summed E-state index contributed by atoms with van der Waals surface area (Å²) >= 11 is 0. The van der Waals surface area contributed by atoms with E-state index in [4.69, 9.17) is 5.26 Å². The molecule has 21 heavy (non-hydrogen) atoms. The third-order valence-corrected chi connectivity index (χ3v) is 4.60. The number of carbonyl (C=O) groups excluding carboxylic acids is 1. The van der Waals surface area contributed by atoms with E-state index in [1.807, 2.05) is 13.0 Å². The summed E-state index contributed by atoms with van der Waals surface area (Å²) in [6.45, 7) is 1.77. The van der Waals surface area contributed by atoms with Crippen LogP contribution in [-0.4, -0.2) is 38.9 Å². The lowest BCUT2D eigenvalue weighted by Crippen LogP contribution is -2.37. The van der Waals surface area contributed by atoms with E-state index in [2.05, 4.69) is 4.74 Å². The second kappa shape index (κ2) is 7.76. The summed E-state index contributed by atoms with van der Waals surface area (Å²) in [4.78, 5) is 11.3. The smallest absolute Gasteiger partial charge is 0.321 e. The van der Waals surface area contributed by atoms with E-state index in [1.54, 1.807) is 18.2 Å². The summed E-state index contributed by atoms with van der Waals surface area (Å²) < 4.78 is 30.4. The maximum atomic E-state index is 12.4. The molecule has 0 aliphatic heterocycles. The SMILES string of the molecule is CCCN(CC(=O)OC)S(=O)(=O)Cc1cccc(C#N)c1. The summed E-state index contributed by atoms with van der Waals surface area (Å²) in [7, 11) is -2.43. The van der Waals surface area contributed by atoms with E-state index >= 15 is 0 Å². The van der Waals surface area contributed by atoms with Gasteiger partial charge in [0.1, 0.15) is 6.54 Å². The van der Waals surface area contributed by atoms with Gasteiger partial charge in [0.2, 0.25) is 10.0 Å². The minimum atomic E-state index is -3.64. The number of sulfonamides is 1. The van der Waals surface area contributed by atoms with E-state index in [9.17, 15) is 13.2 Å². The molecule has 0 N–H and O–H groups in total. The van der Waals surface area contributed by atoms with Crippen molar-refractivity contribution in [3.8, 4) is 6.07 Å². The Morgan fingerprint density at radius 1 is 1.43 bits per heavy atom. The van der Waals surface area contributed by atoms with Gasteiger partial charge in [-0.3, -0.25) is 4.79 Å². The Morgan fingerprint density at radius 3 is 2.71 bits per heavy atom. The molecule has 0 amide bonds. The minimum absolute atomic E-state index is 0.245. The number of nitriles is 1. The number of rotatable bonds is 7. The first kappa shape index (κ1) is 17.1. The van der Waals surface area contributed by atoms with Crippen LogP contribution >= 0.6 is 0 Å². The molecule has 0 fully saturated rings. The zero-order valence-corrected chi connectivity index (χ0v) is 12.9. The van der Waals surface area contributed by atoms with E-state index < -0.39 is 16.0 Å². The van der Waals surface area contributed by atoms with Crippen molar-refractivity contribution in [2.75, 3.05) is 20.2 Å². The first-order chi connectivity index (χ1) is 9.92. The highest BCUT2D eigenvalue weighted by Gasteiger charge is 2.24. The van der Waals surface area contributed by atoms with Crippen LogP contribution in [0.2, 0.25) is 0 Å². The van der Waals surface area contributed by atoms with Crippen molar-refractivity contribution in [2.45, 2.75) is 19.1 Å². The first-order valence-electron chi connectivity index (χ1n) is 6.46. The van der Waals surface area contributed by atoms with E-state index in [0.717, 1.165) is 4.31 Å². The Labute approximate surface area is 125 Å². The monoisotopic (exact) mass is 310 g/mol. The number of esters is 1. The minimum Gasteiger partial charge on any atom is -0.468 e. The molecule has 1 aromatic rings. The lowest BCUT2D eigenvalue weighted by molar-refractivity contribution is -0.140. The Morgan fingerprint density at radius 2 is 2.14 bits per heavy atom. The van der Waals surface area contributed by atoms with Crippen LogP contribution in [-0.2, 0) is 25.3 Å². The quantitative estimate of drug-likeness (QED) is 0.708. The zero-order chi connectivity index (χ0) is 15.9. The van der Waals surface area contributed by atoms with E-state index in [1.165, 1.54) is 13.2 Å². The lowest BCUT2D eigenvalue weighted by Gasteiger charge is -2.20. The summed E-state index contributed by atoms with van der Waals surface area (Å²) in [6, 6.07) is 8.37. The van der Waals surface area contributed by atoms with Gasteiger partial charge < -0.3 is 4.74 Å². The van der Waals surface area contributed by atoms with Gasteiger partial charge in [-0.15, -0.1) is 0 Å². The van der Waals surface area contributed by atoms with Gasteiger partial charge in [0.25, 0.3) is 0 Å². The van der Waals surface area contributed by atoms with Crippen molar-refractivity contribution >= 4 is 16.0 Å². The third kappa shape index (κ3) is 5.17. The molecule has 0 aliphatic rings. The van der Waals surface area contributed by atoms with Gasteiger partial charge >= 0.3 is 5.97 Å². The number of benzene rings is 1. The Kier molecular flexibility index (Phi) is 6.34. The van der Waals surface area contributed by atoms with Crippen LogP contribution in [0.5, 0.6) is 0 Å². The maximum absolute atomic E-state index is 12.4. The topological polar surface area (TPSA) is 87.5 Å². The van der Waals surface area contributed by atoms with Crippen LogP contribution < -0.4 is 0 Å². The molecule has 0 bridgehead atoms. The predicted octanol–water partition coefficient (Wildman–Crippen LogP) is 1.27. The number of hydrogen-bond acceptors (Lipinski definition) is 5. The van der Waals surface area contributed by atoms with Crippen molar-refractivity contribution in [1.82, 2.24) is 4.31 Å². The Balaban J connectivity index is 2.95. The van der Waals surface area contributed by atoms with Crippen molar-refractivity contribution in [3.63, 3.8) is 0 Å². The molecule has 0 saturated carbocycles. The molecule has 0 saturated heterocycles. The molecule has 7 heteroatoms. The van der Waals surface area contributed by atoms with Crippen LogP contribution in [0, 0.1) is 11.3 Å². The fourth-order valence-electron chi connectivity index (χ4n) is 1.81. The predicted molar refractivity (Wildman–Crippen MR) is 77.7 cm³/mol. The molecule has 0 aliphatic carbocycles. The maximum Gasteiger partial charge on any atom is 0.321 e. The van der Waals surface area contributed by atoms with Gasteiger partial charge in [0, 0.05) is 6.54 Å². The molecule has 1 rings (SSSR count). The highest BCUT2D eigenvalue weighted by atomic mass is 32.2. The summed E-state index contributed by atoms with van der Waals surface area (Å²) in [5.74, 6) is -0.850. The van der Waals surface area contributed by atoms with Crippen molar-refractivity contribution in [3.05, 3.63) is 35.4 Å². The van der Waals surface area contributed by atoms with Crippen LogP contribution in [0.25, 0.3) is 0 Å². The normalized spacial score (nSPS) is 11.1. The molecular weight excluding hydrogens is 292 g/mol. The van der Waals surface area contributed by atoms with Crippen molar-refractivity contribution in [2.24, 2.45) is 0 Å². The molecule has 114 valence electrons. The van der Waals surface area contributed by atoms with Gasteiger partial charge in [-0.05, 0) is 24.1 Å². The Bertz CT molecular complexity index is 635. The lowest BCUT2D eigenvalue weighted by atomic mass is 10.2. The fourth-order valence-corrected chi connectivity index (χ4v) is 3.35.